The average Bonchev–Trinajstić information content (AvgIpc) is 3.24. The minimum absolute atomic E-state index is 0.266. The number of ketones is 1. The summed E-state index contributed by atoms with van der Waals surface area (Å²) in [6.07, 6.45) is 1.75. The number of aromatic nitrogens is 2. The third kappa shape index (κ3) is 3.07. The number of thiazole rings is 1. The lowest BCUT2D eigenvalue weighted by Crippen LogP contribution is -2.24. The minimum Gasteiger partial charge on any atom is -0.319 e. The van der Waals surface area contributed by atoms with Gasteiger partial charge in [0.05, 0.1) is 0 Å². The standard InChI is InChI=1S/C19H12BrN3O2S/c20-13-6-8-14(9-7-13)21-18(25)17(24)16-15(12-4-2-1-3-5-12)22-19-23(16)10-11-26-19/h1-11H,(H,21,25). The van der Waals surface area contributed by atoms with Crippen molar-refractivity contribution in [1.82, 2.24) is 9.38 Å². The first kappa shape index (κ1) is 16.7. The summed E-state index contributed by atoms with van der Waals surface area (Å²) in [6, 6.07) is 16.4. The number of halogens is 1. The summed E-state index contributed by atoms with van der Waals surface area (Å²) < 4.78 is 2.56. The number of hydrogen-bond donors (Lipinski definition) is 1. The zero-order valence-corrected chi connectivity index (χ0v) is 15.8. The van der Waals surface area contributed by atoms with Gasteiger partial charge in [-0.1, -0.05) is 46.3 Å². The Balaban J connectivity index is 1.73. The average molecular weight is 426 g/mol. The number of amides is 1. The maximum Gasteiger partial charge on any atom is 0.298 e. The van der Waals surface area contributed by atoms with Crippen molar-refractivity contribution in [2.45, 2.75) is 0 Å². The highest BCUT2D eigenvalue weighted by Crippen LogP contribution is 2.27. The van der Waals surface area contributed by atoms with Crippen LogP contribution >= 0.6 is 27.3 Å². The largest absolute Gasteiger partial charge is 0.319 e. The number of Topliss-reactive ketones (excluding diaryl/α,β-unsaturated/α-hetero) is 1. The van der Waals surface area contributed by atoms with Gasteiger partial charge in [0.25, 0.3) is 11.7 Å². The fraction of sp³-hybridized carbons (Fsp3) is 0. The van der Waals surface area contributed by atoms with Crippen molar-refractivity contribution in [1.29, 1.82) is 0 Å². The number of anilines is 1. The van der Waals surface area contributed by atoms with E-state index in [0.717, 1.165) is 10.0 Å². The number of imidazole rings is 1. The molecule has 0 aliphatic carbocycles. The number of rotatable bonds is 4. The summed E-state index contributed by atoms with van der Waals surface area (Å²) in [5.41, 5.74) is 2.12. The van der Waals surface area contributed by atoms with Gasteiger partial charge in [-0.2, -0.15) is 0 Å². The molecule has 7 heteroatoms. The molecule has 4 rings (SSSR count). The summed E-state index contributed by atoms with van der Waals surface area (Å²) in [5, 5.41) is 4.48. The molecule has 128 valence electrons. The molecule has 0 atom stereocenters. The highest BCUT2D eigenvalue weighted by molar-refractivity contribution is 9.10. The van der Waals surface area contributed by atoms with Crippen molar-refractivity contribution in [3.63, 3.8) is 0 Å². The van der Waals surface area contributed by atoms with E-state index < -0.39 is 11.7 Å². The Morgan fingerprint density at radius 1 is 1.04 bits per heavy atom. The minimum atomic E-state index is -0.697. The van der Waals surface area contributed by atoms with Crippen LogP contribution in [0.2, 0.25) is 0 Å². The van der Waals surface area contributed by atoms with E-state index in [4.69, 9.17) is 0 Å². The Morgan fingerprint density at radius 2 is 1.77 bits per heavy atom. The van der Waals surface area contributed by atoms with Gasteiger partial charge in [-0.25, -0.2) is 4.98 Å². The molecule has 0 saturated carbocycles. The zero-order chi connectivity index (χ0) is 18.1. The molecular weight excluding hydrogens is 414 g/mol. The van der Waals surface area contributed by atoms with Crippen LogP contribution in [0.3, 0.4) is 0 Å². The predicted molar refractivity (Wildman–Crippen MR) is 106 cm³/mol. The second-order valence-electron chi connectivity index (χ2n) is 5.52. The molecule has 0 aliphatic heterocycles. The van der Waals surface area contributed by atoms with Crippen molar-refractivity contribution in [3.05, 3.63) is 76.3 Å². The molecule has 1 amide bonds. The molecule has 2 heterocycles. The first-order valence-corrected chi connectivity index (χ1v) is 9.43. The van der Waals surface area contributed by atoms with E-state index in [1.54, 1.807) is 34.9 Å². The lowest BCUT2D eigenvalue weighted by molar-refractivity contribution is -0.112. The number of benzene rings is 2. The van der Waals surface area contributed by atoms with Crippen LogP contribution in [-0.2, 0) is 4.79 Å². The fourth-order valence-electron chi connectivity index (χ4n) is 2.63. The monoisotopic (exact) mass is 425 g/mol. The smallest absolute Gasteiger partial charge is 0.298 e. The van der Waals surface area contributed by atoms with Gasteiger partial charge in [0.15, 0.2) is 4.96 Å². The third-order valence-electron chi connectivity index (χ3n) is 3.83. The van der Waals surface area contributed by atoms with Crippen LogP contribution in [0.4, 0.5) is 5.69 Å². The molecule has 0 saturated heterocycles. The van der Waals surface area contributed by atoms with Gasteiger partial charge < -0.3 is 5.32 Å². The summed E-state index contributed by atoms with van der Waals surface area (Å²) in [5.74, 6) is -1.32. The highest BCUT2D eigenvalue weighted by Gasteiger charge is 2.26. The first-order chi connectivity index (χ1) is 12.6. The number of nitrogens with one attached hydrogen (secondary N) is 1. The van der Waals surface area contributed by atoms with Gasteiger partial charge >= 0.3 is 0 Å². The highest BCUT2D eigenvalue weighted by atomic mass is 79.9. The molecule has 0 radical (unpaired) electrons. The Hall–Kier alpha value is -2.77. The lowest BCUT2D eigenvalue weighted by Gasteiger charge is -2.06. The molecule has 5 nitrogen and oxygen atoms in total. The van der Waals surface area contributed by atoms with E-state index in [2.05, 4.69) is 26.2 Å². The molecule has 2 aromatic carbocycles. The van der Waals surface area contributed by atoms with E-state index >= 15 is 0 Å². The van der Waals surface area contributed by atoms with Crippen LogP contribution in [0.5, 0.6) is 0 Å². The first-order valence-electron chi connectivity index (χ1n) is 7.76. The normalized spacial score (nSPS) is 10.8. The molecule has 0 bridgehead atoms. The van der Waals surface area contributed by atoms with Crippen LogP contribution < -0.4 is 5.32 Å². The number of carbonyl (C=O) groups excluding carboxylic acids is 2. The van der Waals surface area contributed by atoms with Crippen molar-refractivity contribution < 1.29 is 9.59 Å². The van der Waals surface area contributed by atoms with Gasteiger partial charge in [-0.3, -0.25) is 14.0 Å². The molecule has 0 spiro atoms. The second-order valence-corrected chi connectivity index (χ2v) is 7.31. The number of nitrogens with zero attached hydrogens (tertiary/aromatic N) is 2. The van der Waals surface area contributed by atoms with Crippen LogP contribution in [0.15, 0.2) is 70.6 Å². The van der Waals surface area contributed by atoms with Gasteiger partial charge in [-0.15, -0.1) is 11.3 Å². The Morgan fingerprint density at radius 3 is 2.50 bits per heavy atom. The van der Waals surface area contributed by atoms with Crippen LogP contribution in [0.1, 0.15) is 10.5 Å². The molecule has 4 aromatic rings. The van der Waals surface area contributed by atoms with E-state index in [-0.39, 0.29) is 5.69 Å². The van der Waals surface area contributed by atoms with E-state index in [0.29, 0.717) is 16.3 Å². The van der Waals surface area contributed by atoms with Crippen LogP contribution in [-0.4, -0.2) is 21.1 Å². The van der Waals surface area contributed by atoms with Crippen LogP contribution in [0.25, 0.3) is 16.2 Å². The molecular formula is C19H12BrN3O2S. The molecule has 0 aliphatic rings. The summed E-state index contributed by atoms with van der Waals surface area (Å²) in [6.45, 7) is 0. The maximum absolute atomic E-state index is 12.9. The molecule has 0 unspecified atom stereocenters. The Kier molecular flexibility index (Phi) is 4.40. The number of hydrogen-bond acceptors (Lipinski definition) is 4. The molecule has 1 N–H and O–H groups in total. The van der Waals surface area contributed by atoms with Crippen molar-refractivity contribution in [3.8, 4) is 11.3 Å². The molecule has 2 aromatic heterocycles. The Bertz CT molecular complexity index is 1100. The quantitative estimate of drug-likeness (QED) is 0.382. The zero-order valence-electron chi connectivity index (χ0n) is 13.3. The lowest BCUT2D eigenvalue weighted by atomic mass is 10.1. The summed E-state index contributed by atoms with van der Waals surface area (Å²) in [4.78, 5) is 30.6. The second kappa shape index (κ2) is 6.86. The predicted octanol–water partition coefficient (Wildman–Crippen LogP) is 4.65. The Labute approximate surface area is 161 Å². The third-order valence-corrected chi connectivity index (χ3v) is 5.12. The number of carbonyl (C=O) groups is 2. The topological polar surface area (TPSA) is 63.5 Å². The SMILES string of the molecule is O=C(Nc1ccc(Br)cc1)C(=O)c1c(-c2ccccc2)nc2sccn12. The van der Waals surface area contributed by atoms with Crippen molar-refractivity contribution >= 4 is 49.6 Å². The molecule has 26 heavy (non-hydrogen) atoms. The van der Waals surface area contributed by atoms with Gasteiger partial charge in [-0.05, 0) is 24.3 Å². The summed E-state index contributed by atoms with van der Waals surface area (Å²) in [7, 11) is 0. The van der Waals surface area contributed by atoms with Gasteiger partial charge in [0.1, 0.15) is 11.4 Å². The van der Waals surface area contributed by atoms with E-state index in [9.17, 15) is 9.59 Å². The van der Waals surface area contributed by atoms with Crippen molar-refractivity contribution in [2.24, 2.45) is 0 Å². The summed E-state index contributed by atoms with van der Waals surface area (Å²) >= 11 is 4.75. The van der Waals surface area contributed by atoms with E-state index in [1.165, 1.54) is 11.3 Å². The van der Waals surface area contributed by atoms with E-state index in [1.807, 2.05) is 35.7 Å². The number of fused-ring (bicyclic) bond motifs is 1. The fourth-order valence-corrected chi connectivity index (χ4v) is 3.61. The van der Waals surface area contributed by atoms with Gasteiger partial charge in [0.2, 0.25) is 0 Å². The van der Waals surface area contributed by atoms with Gasteiger partial charge in [0, 0.05) is 27.3 Å². The van der Waals surface area contributed by atoms with Crippen LogP contribution in [0, 0.1) is 0 Å². The van der Waals surface area contributed by atoms with Crippen molar-refractivity contribution in [2.75, 3.05) is 5.32 Å². The molecule has 0 fully saturated rings. The maximum atomic E-state index is 12.9.